The summed E-state index contributed by atoms with van der Waals surface area (Å²) in [6.07, 6.45) is 0. The number of nitrogens with one attached hydrogen (secondary N) is 1. The molecule has 0 spiro atoms. The van der Waals surface area contributed by atoms with Crippen molar-refractivity contribution in [2.75, 3.05) is 12.3 Å². The van der Waals surface area contributed by atoms with E-state index in [0.717, 1.165) is 23.2 Å². The third-order valence-corrected chi connectivity index (χ3v) is 10.2. The lowest BCUT2D eigenvalue weighted by molar-refractivity contribution is -0.0587. The molecule has 0 radical (unpaired) electrons. The van der Waals surface area contributed by atoms with Crippen LogP contribution in [0.3, 0.4) is 0 Å². The lowest BCUT2D eigenvalue weighted by Gasteiger charge is -2.54. The molecule has 4 bridgehead atoms. The van der Waals surface area contributed by atoms with Crippen molar-refractivity contribution in [3.8, 4) is 0 Å². The van der Waals surface area contributed by atoms with Gasteiger partial charge in [0.2, 0.25) is 0 Å². The topological polar surface area (TPSA) is 55.4 Å². The van der Waals surface area contributed by atoms with E-state index in [1.807, 2.05) is 30.3 Å². The Morgan fingerprint density at radius 3 is 1.81 bits per heavy atom. The molecule has 8 rings (SSSR count). The lowest BCUT2D eigenvalue weighted by atomic mass is 9.56. The molecule has 4 saturated heterocycles. The zero-order chi connectivity index (χ0) is 20.8. The predicted molar refractivity (Wildman–Crippen MR) is 118 cm³/mol. The first kappa shape index (κ1) is 18.1. The van der Waals surface area contributed by atoms with Gasteiger partial charge in [-0.1, -0.05) is 84.9 Å². The second kappa shape index (κ2) is 5.85. The number of benzene rings is 3. The quantitative estimate of drug-likeness (QED) is 0.678. The fourth-order valence-electron chi connectivity index (χ4n) is 7.14. The van der Waals surface area contributed by atoms with Crippen molar-refractivity contribution in [1.29, 1.82) is 0 Å². The van der Waals surface area contributed by atoms with E-state index in [2.05, 4.69) is 59.9 Å². The molecule has 5 heteroatoms. The number of hydrogen-bond donors (Lipinski definition) is 1. The van der Waals surface area contributed by atoms with Crippen LogP contribution in [0.4, 0.5) is 0 Å². The van der Waals surface area contributed by atoms with Gasteiger partial charge in [0.05, 0.1) is 5.75 Å². The highest BCUT2D eigenvalue weighted by molar-refractivity contribution is 7.92. The van der Waals surface area contributed by atoms with Crippen LogP contribution in [-0.2, 0) is 25.8 Å². The SMILES string of the molecule is O=S1(=O)C[C@H]2CN[C@H]1[C@H]1[C@H]2[C@@]2(c3ccccc3)O[C@@]1(c1ccccc1)c1ccccc12. The van der Waals surface area contributed by atoms with Crippen LogP contribution < -0.4 is 5.32 Å². The fourth-order valence-corrected chi connectivity index (χ4v) is 9.43. The molecule has 4 fully saturated rings. The molecular formula is C26H23NO3S. The van der Waals surface area contributed by atoms with Crippen molar-refractivity contribution in [2.24, 2.45) is 17.8 Å². The normalized spacial score (nSPS) is 38.6. The van der Waals surface area contributed by atoms with Crippen LogP contribution in [0, 0.1) is 17.8 Å². The lowest BCUT2D eigenvalue weighted by Crippen LogP contribution is -2.67. The zero-order valence-electron chi connectivity index (χ0n) is 16.9. The van der Waals surface area contributed by atoms with Gasteiger partial charge < -0.3 is 10.1 Å². The van der Waals surface area contributed by atoms with Gasteiger partial charge in [-0.2, -0.15) is 0 Å². The molecule has 156 valence electrons. The van der Waals surface area contributed by atoms with Crippen molar-refractivity contribution in [1.82, 2.24) is 5.32 Å². The molecule has 0 unspecified atom stereocenters. The summed E-state index contributed by atoms with van der Waals surface area (Å²) in [4.78, 5) is 0. The van der Waals surface area contributed by atoms with Gasteiger partial charge >= 0.3 is 0 Å². The smallest absolute Gasteiger partial charge is 0.166 e. The third-order valence-electron chi connectivity index (χ3n) is 8.03. The predicted octanol–water partition coefficient (Wildman–Crippen LogP) is 3.42. The molecule has 1 N–H and O–H groups in total. The van der Waals surface area contributed by atoms with Crippen molar-refractivity contribution in [3.63, 3.8) is 0 Å². The maximum absolute atomic E-state index is 13.3. The molecule has 0 aromatic heterocycles. The van der Waals surface area contributed by atoms with E-state index in [4.69, 9.17) is 4.74 Å². The summed E-state index contributed by atoms with van der Waals surface area (Å²) in [7, 11) is -3.25. The molecule has 6 atom stereocenters. The molecule has 3 aromatic rings. The molecule has 0 saturated carbocycles. The third kappa shape index (κ3) is 2.01. The van der Waals surface area contributed by atoms with E-state index in [1.54, 1.807) is 0 Å². The average Bonchev–Trinajstić information content (AvgIpc) is 3.31. The highest BCUT2D eigenvalue weighted by Crippen LogP contribution is 2.72. The average molecular weight is 430 g/mol. The fraction of sp³-hybridized carbons (Fsp3) is 0.308. The summed E-state index contributed by atoms with van der Waals surface area (Å²) in [5, 5.41) is 2.80. The van der Waals surface area contributed by atoms with Crippen molar-refractivity contribution < 1.29 is 13.2 Å². The van der Waals surface area contributed by atoms with Crippen LogP contribution in [-0.4, -0.2) is 26.1 Å². The van der Waals surface area contributed by atoms with Crippen LogP contribution in [0.2, 0.25) is 0 Å². The molecule has 4 nitrogen and oxygen atoms in total. The van der Waals surface area contributed by atoms with E-state index in [9.17, 15) is 8.42 Å². The van der Waals surface area contributed by atoms with Gasteiger partial charge in [-0.25, -0.2) is 8.42 Å². The minimum absolute atomic E-state index is 0.0131. The number of rotatable bonds is 2. The number of fused-ring (bicyclic) bond motifs is 7. The van der Waals surface area contributed by atoms with E-state index >= 15 is 0 Å². The Morgan fingerprint density at radius 1 is 0.742 bits per heavy atom. The Hall–Kier alpha value is -2.47. The first-order valence-electron chi connectivity index (χ1n) is 11.0. The Balaban J connectivity index is 1.61. The second-order valence-corrected chi connectivity index (χ2v) is 11.5. The Kier molecular flexibility index (Phi) is 3.42. The van der Waals surface area contributed by atoms with Crippen molar-refractivity contribution in [2.45, 2.75) is 16.6 Å². The summed E-state index contributed by atoms with van der Waals surface area (Å²) in [5.41, 5.74) is 3.03. The standard InChI is InChI=1S/C26H23NO3S/c28-31(29)16-17-15-27-24(31)23-22(17)25(18-9-3-1-4-10-18)20-13-7-8-14-21(20)26(23,30-25)19-11-5-2-6-12-19/h1-14,17,22-24,27H,15-16H2/t17-,22+,23-,24-,25+,26+/m1/s1. The second-order valence-electron chi connectivity index (χ2n) is 9.32. The number of sulfone groups is 1. The van der Waals surface area contributed by atoms with E-state index in [0.29, 0.717) is 0 Å². The van der Waals surface area contributed by atoms with Crippen LogP contribution in [0.1, 0.15) is 22.3 Å². The molecule has 0 aliphatic carbocycles. The molecular weight excluding hydrogens is 406 g/mol. The summed E-state index contributed by atoms with van der Waals surface area (Å²) < 4.78 is 33.8. The van der Waals surface area contributed by atoms with Crippen molar-refractivity contribution in [3.05, 3.63) is 107 Å². The van der Waals surface area contributed by atoms with Gasteiger partial charge in [0, 0.05) is 18.4 Å². The summed E-state index contributed by atoms with van der Waals surface area (Å²) in [5.74, 6) is 0.165. The summed E-state index contributed by atoms with van der Waals surface area (Å²) in [6, 6.07) is 29.1. The van der Waals surface area contributed by atoms with Gasteiger partial charge in [0.25, 0.3) is 0 Å². The first-order chi connectivity index (χ1) is 15.1. The van der Waals surface area contributed by atoms with Crippen LogP contribution in [0.15, 0.2) is 84.9 Å². The highest BCUT2D eigenvalue weighted by Gasteiger charge is 2.77. The molecule has 5 aliphatic heterocycles. The van der Waals surface area contributed by atoms with Gasteiger partial charge in [-0.3, -0.25) is 0 Å². The number of piperidine rings is 1. The minimum Gasteiger partial charge on any atom is -0.349 e. The van der Waals surface area contributed by atoms with E-state index < -0.39 is 26.4 Å². The maximum Gasteiger partial charge on any atom is 0.166 e. The Morgan fingerprint density at radius 2 is 1.26 bits per heavy atom. The van der Waals surface area contributed by atoms with Crippen LogP contribution in [0.5, 0.6) is 0 Å². The molecule has 0 amide bonds. The van der Waals surface area contributed by atoms with Gasteiger partial charge in [0.1, 0.15) is 16.6 Å². The highest BCUT2D eigenvalue weighted by atomic mass is 32.2. The van der Waals surface area contributed by atoms with E-state index in [-0.39, 0.29) is 23.5 Å². The van der Waals surface area contributed by atoms with Gasteiger partial charge in [0.15, 0.2) is 9.84 Å². The zero-order valence-corrected chi connectivity index (χ0v) is 17.8. The maximum atomic E-state index is 13.3. The van der Waals surface area contributed by atoms with Crippen LogP contribution >= 0.6 is 0 Å². The van der Waals surface area contributed by atoms with Gasteiger partial charge in [-0.05, 0) is 28.2 Å². The molecule has 5 heterocycles. The monoisotopic (exact) mass is 429 g/mol. The molecule has 3 aromatic carbocycles. The number of ether oxygens (including phenoxy) is 1. The molecule has 31 heavy (non-hydrogen) atoms. The van der Waals surface area contributed by atoms with Crippen LogP contribution in [0.25, 0.3) is 0 Å². The van der Waals surface area contributed by atoms with E-state index in [1.165, 1.54) is 5.56 Å². The Labute approximate surface area is 182 Å². The first-order valence-corrected chi connectivity index (χ1v) is 12.7. The summed E-state index contributed by atoms with van der Waals surface area (Å²) >= 11 is 0. The van der Waals surface area contributed by atoms with Gasteiger partial charge in [-0.15, -0.1) is 0 Å². The van der Waals surface area contributed by atoms with Crippen molar-refractivity contribution >= 4 is 9.84 Å². The summed E-state index contributed by atoms with van der Waals surface area (Å²) in [6.45, 7) is 0.718. The minimum atomic E-state index is -3.25. The molecule has 5 aliphatic rings. The Bertz CT molecular complexity index is 1290. The largest absolute Gasteiger partial charge is 0.349 e. The number of hydrogen-bond acceptors (Lipinski definition) is 4.